The van der Waals surface area contributed by atoms with Gasteiger partial charge in [-0.3, -0.25) is 4.79 Å². The molecule has 146 valence electrons. The van der Waals surface area contributed by atoms with Crippen LogP contribution in [0.25, 0.3) is 0 Å². The molecule has 1 heterocycles. The van der Waals surface area contributed by atoms with Crippen LogP contribution in [0.5, 0.6) is 0 Å². The summed E-state index contributed by atoms with van der Waals surface area (Å²) in [6, 6.07) is -0.469. The second kappa shape index (κ2) is 11.3. The molecule has 8 nitrogen and oxygen atoms in total. The topological polar surface area (TPSA) is 103 Å². The average molecular weight is 358 g/mol. The van der Waals surface area contributed by atoms with E-state index in [4.69, 9.17) is 4.74 Å². The summed E-state index contributed by atoms with van der Waals surface area (Å²) in [7, 11) is 4.00. The second-order valence-corrected chi connectivity index (χ2v) is 7.15. The second-order valence-electron chi connectivity index (χ2n) is 7.15. The summed E-state index contributed by atoms with van der Waals surface area (Å²) in [6.45, 7) is 5.15. The molecule has 1 aliphatic rings. The molecule has 0 aromatic rings. The first-order valence-corrected chi connectivity index (χ1v) is 9.06. The number of carbonyl (C=O) groups is 2. The summed E-state index contributed by atoms with van der Waals surface area (Å²) >= 11 is 0. The zero-order valence-electron chi connectivity index (χ0n) is 15.9. The minimum absolute atomic E-state index is 0.0376. The van der Waals surface area contributed by atoms with Crippen molar-refractivity contribution < 1.29 is 19.4 Å². The number of rotatable bonds is 9. The number of ether oxygens (including phenoxy) is 1. The minimum Gasteiger partial charge on any atom is -0.394 e. The number of urea groups is 1. The Morgan fingerprint density at radius 2 is 2.00 bits per heavy atom. The number of nitrogens with zero attached hydrogens (tertiary/aromatic N) is 1. The number of nitrogens with one attached hydrogen (secondary N) is 3. The fourth-order valence-corrected chi connectivity index (χ4v) is 2.82. The van der Waals surface area contributed by atoms with Crippen LogP contribution in [0, 0.1) is 0 Å². The summed E-state index contributed by atoms with van der Waals surface area (Å²) in [5.74, 6) is -0.0376. The van der Waals surface area contributed by atoms with E-state index >= 15 is 0 Å². The zero-order chi connectivity index (χ0) is 18.8. The van der Waals surface area contributed by atoms with Crippen LogP contribution >= 0.6 is 0 Å². The highest BCUT2D eigenvalue weighted by Crippen LogP contribution is 2.21. The molecule has 0 radical (unpaired) electrons. The molecule has 0 aliphatic carbocycles. The van der Waals surface area contributed by atoms with Gasteiger partial charge in [-0.25, -0.2) is 4.79 Å². The minimum atomic E-state index is -0.488. The SMILES string of the molecule is CC(C)NC(=O)N[C@H]1CC[C@@H](CC(=O)NCCCN(C)C)O[C@H]1CO. The third-order valence-electron chi connectivity index (χ3n) is 4.05. The maximum Gasteiger partial charge on any atom is 0.315 e. The van der Waals surface area contributed by atoms with Gasteiger partial charge in [0, 0.05) is 12.6 Å². The molecule has 0 saturated carbocycles. The van der Waals surface area contributed by atoms with Gasteiger partial charge in [-0.1, -0.05) is 0 Å². The Balaban J connectivity index is 2.34. The summed E-state index contributed by atoms with van der Waals surface area (Å²) < 4.78 is 5.81. The van der Waals surface area contributed by atoms with Gasteiger partial charge in [-0.15, -0.1) is 0 Å². The van der Waals surface area contributed by atoms with Crippen LogP contribution in [0.1, 0.15) is 39.5 Å². The largest absolute Gasteiger partial charge is 0.394 e. The Bertz CT molecular complexity index is 417. The first-order chi connectivity index (χ1) is 11.8. The summed E-state index contributed by atoms with van der Waals surface area (Å²) in [6.07, 6.45) is 1.82. The molecule has 0 aromatic carbocycles. The Morgan fingerprint density at radius 3 is 2.60 bits per heavy atom. The van der Waals surface area contributed by atoms with Gasteiger partial charge in [0.1, 0.15) is 6.10 Å². The maximum atomic E-state index is 12.0. The number of carbonyl (C=O) groups excluding carboxylic acids is 2. The van der Waals surface area contributed by atoms with Crippen LogP contribution in [-0.4, -0.2) is 80.0 Å². The fraction of sp³-hybridized carbons (Fsp3) is 0.882. The first kappa shape index (κ1) is 21.7. The van der Waals surface area contributed by atoms with Crippen molar-refractivity contribution in [3.63, 3.8) is 0 Å². The fourth-order valence-electron chi connectivity index (χ4n) is 2.82. The van der Waals surface area contributed by atoms with Crippen LogP contribution in [0.2, 0.25) is 0 Å². The van der Waals surface area contributed by atoms with Crippen LogP contribution in [0.4, 0.5) is 4.79 Å². The molecule has 4 N–H and O–H groups in total. The molecule has 8 heteroatoms. The first-order valence-electron chi connectivity index (χ1n) is 9.06. The lowest BCUT2D eigenvalue weighted by Gasteiger charge is -2.36. The molecular weight excluding hydrogens is 324 g/mol. The predicted molar refractivity (Wildman–Crippen MR) is 96.4 cm³/mol. The van der Waals surface area contributed by atoms with Crippen molar-refractivity contribution in [1.82, 2.24) is 20.9 Å². The van der Waals surface area contributed by atoms with Crippen LogP contribution < -0.4 is 16.0 Å². The zero-order valence-corrected chi connectivity index (χ0v) is 15.9. The Hall–Kier alpha value is -1.38. The van der Waals surface area contributed by atoms with E-state index < -0.39 is 6.10 Å². The molecule has 1 saturated heterocycles. The van der Waals surface area contributed by atoms with Crippen molar-refractivity contribution in [2.75, 3.05) is 33.8 Å². The van der Waals surface area contributed by atoms with E-state index in [0.29, 0.717) is 19.4 Å². The van der Waals surface area contributed by atoms with E-state index in [1.165, 1.54) is 0 Å². The lowest BCUT2D eigenvalue weighted by atomic mass is 9.97. The lowest BCUT2D eigenvalue weighted by Crippen LogP contribution is -2.54. The van der Waals surface area contributed by atoms with E-state index in [0.717, 1.165) is 13.0 Å². The molecule has 1 rings (SSSR count). The van der Waals surface area contributed by atoms with Crippen molar-refractivity contribution >= 4 is 11.9 Å². The molecule has 0 aromatic heterocycles. The number of amides is 3. The molecule has 0 spiro atoms. The van der Waals surface area contributed by atoms with E-state index in [9.17, 15) is 14.7 Å². The van der Waals surface area contributed by atoms with Crippen LogP contribution in [-0.2, 0) is 9.53 Å². The monoisotopic (exact) mass is 358 g/mol. The van der Waals surface area contributed by atoms with E-state index in [-0.39, 0.29) is 43.2 Å². The highest BCUT2D eigenvalue weighted by atomic mass is 16.5. The Kier molecular flexibility index (Phi) is 9.77. The molecule has 3 amide bonds. The quantitative estimate of drug-likeness (QED) is 0.437. The van der Waals surface area contributed by atoms with Gasteiger partial charge in [0.15, 0.2) is 0 Å². The summed E-state index contributed by atoms with van der Waals surface area (Å²) in [4.78, 5) is 25.9. The van der Waals surface area contributed by atoms with E-state index in [2.05, 4.69) is 20.9 Å². The standard InChI is InChI=1S/C17H34N4O4/c1-12(2)19-17(24)20-14-7-6-13(25-15(14)11-22)10-16(23)18-8-5-9-21(3)4/h12-15,22H,5-11H2,1-4H3,(H,18,23)(H2,19,20,24)/t13-,14-,15-/m0/s1. The van der Waals surface area contributed by atoms with E-state index in [1.54, 1.807) is 0 Å². The molecular formula is C17H34N4O4. The summed E-state index contributed by atoms with van der Waals surface area (Å²) in [5.41, 5.74) is 0. The lowest BCUT2D eigenvalue weighted by molar-refractivity contribution is -0.130. The highest BCUT2D eigenvalue weighted by molar-refractivity contribution is 5.76. The van der Waals surface area contributed by atoms with Crippen molar-refractivity contribution in [3.8, 4) is 0 Å². The predicted octanol–water partition coefficient (Wildman–Crippen LogP) is 0.0605. The Morgan fingerprint density at radius 1 is 1.28 bits per heavy atom. The van der Waals surface area contributed by atoms with E-state index in [1.807, 2.05) is 27.9 Å². The number of hydrogen-bond acceptors (Lipinski definition) is 5. The third-order valence-corrected chi connectivity index (χ3v) is 4.05. The van der Waals surface area contributed by atoms with Crippen molar-refractivity contribution in [1.29, 1.82) is 0 Å². The Labute approximate surface area is 150 Å². The van der Waals surface area contributed by atoms with Crippen molar-refractivity contribution in [2.24, 2.45) is 0 Å². The number of aliphatic hydroxyl groups excluding tert-OH is 1. The molecule has 0 bridgehead atoms. The molecule has 3 atom stereocenters. The smallest absolute Gasteiger partial charge is 0.315 e. The molecule has 25 heavy (non-hydrogen) atoms. The van der Waals surface area contributed by atoms with Gasteiger partial charge in [0.25, 0.3) is 0 Å². The molecule has 0 unspecified atom stereocenters. The van der Waals surface area contributed by atoms with Gasteiger partial charge < -0.3 is 30.7 Å². The van der Waals surface area contributed by atoms with Gasteiger partial charge in [0.2, 0.25) is 5.91 Å². The molecule has 1 aliphatic heterocycles. The number of hydrogen-bond donors (Lipinski definition) is 4. The van der Waals surface area contributed by atoms with Gasteiger partial charge >= 0.3 is 6.03 Å². The highest BCUT2D eigenvalue weighted by Gasteiger charge is 2.32. The van der Waals surface area contributed by atoms with Gasteiger partial charge in [-0.2, -0.15) is 0 Å². The third kappa shape index (κ3) is 9.04. The summed E-state index contributed by atoms with van der Waals surface area (Å²) in [5, 5.41) is 18.0. The van der Waals surface area contributed by atoms with Crippen LogP contribution in [0.15, 0.2) is 0 Å². The molecule has 1 fully saturated rings. The van der Waals surface area contributed by atoms with Crippen LogP contribution in [0.3, 0.4) is 0 Å². The maximum absolute atomic E-state index is 12.0. The van der Waals surface area contributed by atoms with Crippen molar-refractivity contribution in [2.45, 2.75) is 63.8 Å². The van der Waals surface area contributed by atoms with Gasteiger partial charge in [-0.05, 0) is 53.8 Å². The van der Waals surface area contributed by atoms with Crippen molar-refractivity contribution in [3.05, 3.63) is 0 Å². The van der Waals surface area contributed by atoms with Gasteiger partial charge in [0.05, 0.1) is 25.2 Å². The normalized spacial score (nSPS) is 23.6. The number of aliphatic hydroxyl groups is 1. The average Bonchev–Trinajstić information content (AvgIpc) is 2.52.